The summed E-state index contributed by atoms with van der Waals surface area (Å²) in [4.78, 5) is 24.8. The van der Waals surface area contributed by atoms with Crippen LogP contribution in [0.4, 0.5) is 5.69 Å². The lowest BCUT2D eigenvalue weighted by molar-refractivity contribution is -0.117. The van der Waals surface area contributed by atoms with Crippen molar-refractivity contribution in [1.29, 1.82) is 0 Å². The van der Waals surface area contributed by atoms with E-state index in [1.807, 2.05) is 0 Å². The number of anilines is 1. The van der Waals surface area contributed by atoms with Crippen molar-refractivity contribution in [2.45, 2.75) is 6.42 Å². The number of nitrogens with zero attached hydrogens (tertiary/aromatic N) is 1. The normalized spacial score (nSPS) is 18.7. The largest absolute Gasteiger partial charge is 0.495 e. The van der Waals surface area contributed by atoms with Crippen LogP contribution in [0.25, 0.3) is 0 Å². The van der Waals surface area contributed by atoms with E-state index < -0.39 is 5.97 Å². The number of aromatic carboxylic acids is 1. The molecule has 1 unspecified atom stereocenters. The minimum atomic E-state index is -1.09. The van der Waals surface area contributed by atoms with E-state index in [1.165, 1.54) is 18.1 Å². The van der Waals surface area contributed by atoms with Crippen LogP contribution in [0.1, 0.15) is 16.8 Å². The molecule has 0 spiro atoms. The first kappa shape index (κ1) is 13.4. The molecule has 1 atom stereocenters. The second-order valence-corrected chi connectivity index (χ2v) is 4.47. The van der Waals surface area contributed by atoms with Crippen LogP contribution in [-0.4, -0.2) is 37.2 Å². The number of hydrogen-bond donors (Lipinski definition) is 2. The zero-order chi connectivity index (χ0) is 14.0. The summed E-state index contributed by atoms with van der Waals surface area (Å²) in [5.41, 5.74) is 5.96. The Morgan fingerprint density at radius 1 is 1.58 bits per heavy atom. The van der Waals surface area contributed by atoms with E-state index in [1.54, 1.807) is 12.1 Å². The molecule has 1 aromatic carbocycles. The fourth-order valence-corrected chi connectivity index (χ4v) is 2.29. The molecule has 1 heterocycles. The van der Waals surface area contributed by atoms with Gasteiger partial charge < -0.3 is 20.5 Å². The van der Waals surface area contributed by atoms with Crippen LogP contribution in [-0.2, 0) is 4.79 Å². The smallest absolute Gasteiger partial charge is 0.337 e. The number of rotatable bonds is 4. The molecule has 0 aliphatic carbocycles. The second kappa shape index (κ2) is 5.27. The third-order valence-electron chi connectivity index (χ3n) is 3.26. The Morgan fingerprint density at radius 2 is 2.32 bits per heavy atom. The van der Waals surface area contributed by atoms with Crippen molar-refractivity contribution in [1.82, 2.24) is 0 Å². The average molecular weight is 264 g/mol. The van der Waals surface area contributed by atoms with E-state index in [9.17, 15) is 14.7 Å². The van der Waals surface area contributed by atoms with Crippen LogP contribution in [0, 0.1) is 5.92 Å². The molecule has 3 N–H and O–H groups in total. The summed E-state index contributed by atoms with van der Waals surface area (Å²) in [6.45, 7) is 0.829. The number of ether oxygens (including phenoxy) is 1. The number of carboxylic acid groups (broad SMARTS) is 1. The Hall–Kier alpha value is -2.08. The van der Waals surface area contributed by atoms with Crippen molar-refractivity contribution in [2.75, 3.05) is 25.1 Å². The first-order valence-electron chi connectivity index (χ1n) is 5.99. The Balaban J connectivity index is 2.48. The highest BCUT2D eigenvalue weighted by Gasteiger charge is 2.33. The van der Waals surface area contributed by atoms with Gasteiger partial charge in [-0.3, -0.25) is 4.79 Å². The van der Waals surface area contributed by atoms with Crippen LogP contribution in [0.5, 0.6) is 5.75 Å². The Labute approximate surface area is 110 Å². The molecular weight excluding hydrogens is 248 g/mol. The van der Waals surface area contributed by atoms with Gasteiger partial charge in [-0.05, 0) is 24.6 Å². The molecule has 102 valence electrons. The number of amides is 1. The van der Waals surface area contributed by atoms with Crippen LogP contribution < -0.4 is 15.4 Å². The summed E-state index contributed by atoms with van der Waals surface area (Å²) in [5, 5.41) is 9.24. The topological polar surface area (TPSA) is 92.9 Å². The molecule has 1 fully saturated rings. The van der Waals surface area contributed by atoms with Gasteiger partial charge in [0.15, 0.2) is 0 Å². The van der Waals surface area contributed by atoms with Gasteiger partial charge in [0.2, 0.25) is 5.91 Å². The van der Waals surface area contributed by atoms with Crippen LogP contribution in [0.2, 0.25) is 0 Å². The molecule has 6 nitrogen and oxygen atoms in total. The highest BCUT2D eigenvalue weighted by Crippen LogP contribution is 2.36. The minimum absolute atomic E-state index is 0.0547. The SMILES string of the molecule is COc1cccc(C(=O)O)c1N1CC(CN)CC1=O. The molecule has 1 aromatic rings. The number of benzene rings is 1. The zero-order valence-corrected chi connectivity index (χ0v) is 10.6. The average Bonchev–Trinajstić information content (AvgIpc) is 2.78. The predicted molar refractivity (Wildman–Crippen MR) is 69.5 cm³/mol. The maximum atomic E-state index is 12.0. The van der Waals surface area contributed by atoms with Gasteiger partial charge in [-0.2, -0.15) is 0 Å². The van der Waals surface area contributed by atoms with E-state index in [0.29, 0.717) is 30.9 Å². The molecule has 19 heavy (non-hydrogen) atoms. The molecule has 2 rings (SSSR count). The van der Waals surface area contributed by atoms with E-state index >= 15 is 0 Å². The van der Waals surface area contributed by atoms with Crippen molar-refractivity contribution >= 4 is 17.6 Å². The number of para-hydroxylation sites is 1. The molecule has 0 bridgehead atoms. The van der Waals surface area contributed by atoms with Crippen LogP contribution in [0.15, 0.2) is 18.2 Å². The minimum Gasteiger partial charge on any atom is -0.495 e. The van der Waals surface area contributed by atoms with Gasteiger partial charge in [0, 0.05) is 13.0 Å². The highest BCUT2D eigenvalue weighted by molar-refractivity contribution is 6.05. The molecule has 1 aliphatic rings. The standard InChI is InChI=1S/C13H16N2O4/c1-19-10-4-2-3-9(13(17)18)12(10)15-7-8(6-14)5-11(15)16/h2-4,8H,5-7,14H2,1H3,(H,17,18). The Morgan fingerprint density at radius 3 is 2.84 bits per heavy atom. The van der Waals surface area contributed by atoms with Gasteiger partial charge in [0.1, 0.15) is 11.4 Å². The first-order chi connectivity index (χ1) is 9.08. The van der Waals surface area contributed by atoms with Gasteiger partial charge in [-0.1, -0.05) is 6.07 Å². The number of methoxy groups -OCH3 is 1. The summed E-state index contributed by atoms with van der Waals surface area (Å²) in [6, 6.07) is 4.70. The highest BCUT2D eigenvalue weighted by atomic mass is 16.5. The maximum absolute atomic E-state index is 12.0. The third kappa shape index (κ3) is 2.39. The van der Waals surface area contributed by atoms with Crippen molar-refractivity contribution in [3.63, 3.8) is 0 Å². The van der Waals surface area contributed by atoms with Crippen molar-refractivity contribution in [3.8, 4) is 5.75 Å². The quantitative estimate of drug-likeness (QED) is 0.835. The molecule has 0 saturated carbocycles. The summed E-state index contributed by atoms with van der Waals surface area (Å²) >= 11 is 0. The fraction of sp³-hybridized carbons (Fsp3) is 0.385. The molecule has 0 aromatic heterocycles. The van der Waals surface area contributed by atoms with Crippen LogP contribution >= 0.6 is 0 Å². The molecular formula is C13H16N2O4. The molecule has 6 heteroatoms. The zero-order valence-electron chi connectivity index (χ0n) is 10.6. The first-order valence-corrected chi connectivity index (χ1v) is 5.99. The van der Waals surface area contributed by atoms with Crippen LogP contribution in [0.3, 0.4) is 0 Å². The summed E-state index contributed by atoms with van der Waals surface area (Å²) in [7, 11) is 1.45. The molecule has 1 amide bonds. The molecule has 0 radical (unpaired) electrons. The van der Waals surface area contributed by atoms with Gasteiger partial charge in [-0.15, -0.1) is 0 Å². The molecule has 1 aliphatic heterocycles. The van der Waals surface area contributed by atoms with Gasteiger partial charge in [0.05, 0.1) is 12.7 Å². The van der Waals surface area contributed by atoms with Gasteiger partial charge in [-0.25, -0.2) is 4.79 Å². The fourth-order valence-electron chi connectivity index (χ4n) is 2.29. The summed E-state index contributed by atoms with van der Waals surface area (Å²) in [5.74, 6) is -0.773. The van der Waals surface area contributed by atoms with Gasteiger partial charge >= 0.3 is 5.97 Å². The lowest BCUT2D eigenvalue weighted by Crippen LogP contribution is -2.28. The number of nitrogens with two attached hydrogens (primary N) is 1. The monoisotopic (exact) mass is 264 g/mol. The van der Waals surface area contributed by atoms with Crippen molar-refractivity contribution in [2.24, 2.45) is 11.7 Å². The van der Waals surface area contributed by atoms with Crippen molar-refractivity contribution in [3.05, 3.63) is 23.8 Å². The van der Waals surface area contributed by atoms with Gasteiger partial charge in [0.25, 0.3) is 0 Å². The second-order valence-electron chi connectivity index (χ2n) is 4.47. The summed E-state index contributed by atoms with van der Waals surface area (Å²) < 4.78 is 5.18. The lowest BCUT2D eigenvalue weighted by atomic mass is 10.1. The maximum Gasteiger partial charge on any atom is 0.337 e. The lowest BCUT2D eigenvalue weighted by Gasteiger charge is -2.21. The number of carboxylic acids is 1. The van der Waals surface area contributed by atoms with E-state index in [0.717, 1.165) is 0 Å². The van der Waals surface area contributed by atoms with E-state index in [2.05, 4.69) is 0 Å². The number of carbonyl (C=O) groups excluding carboxylic acids is 1. The van der Waals surface area contributed by atoms with E-state index in [-0.39, 0.29) is 17.4 Å². The third-order valence-corrected chi connectivity index (χ3v) is 3.26. The predicted octanol–water partition coefficient (Wildman–Crippen LogP) is 0.705. The molecule has 1 saturated heterocycles. The number of carbonyl (C=O) groups is 2. The Bertz CT molecular complexity index is 515. The summed E-state index contributed by atoms with van der Waals surface area (Å²) in [6.07, 6.45) is 0.341. The Kier molecular flexibility index (Phi) is 3.71. The van der Waals surface area contributed by atoms with E-state index in [4.69, 9.17) is 10.5 Å². The van der Waals surface area contributed by atoms with Crippen molar-refractivity contribution < 1.29 is 19.4 Å². The number of hydrogen-bond acceptors (Lipinski definition) is 4.